The molecule has 128 valence electrons. The van der Waals surface area contributed by atoms with Gasteiger partial charge in [-0.15, -0.1) is 0 Å². The number of aromatic nitrogens is 4. The Kier molecular flexibility index (Phi) is 3.87. The number of nitrogen functional groups attached to an aromatic ring is 1. The Hall–Kier alpha value is -2.89. The van der Waals surface area contributed by atoms with Gasteiger partial charge in [-0.05, 0) is 30.0 Å². The second kappa shape index (κ2) is 6.20. The summed E-state index contributed by atoms with van der Waals surface area (Å²) < 4.78 is 2.05. The largest absolute Gasteiger partial charge is 0.368 e. The molecule has 0 amide bonds. The standard InChI is InChI=1S/C19H22N6/c1-13(2)15-10-17(23-19(20)22-15)24-9-5-6-14(11-24)18-16-7-3-4-8-25(16)12-21-18/h3-4,6-8,10,12-13H,5,9,11H2,1-2H3,(H2,20,22,23). The molecule has 4 rings (SSSR count). The van der Waals surface area contributed by atoms with Crippen LogP contribution in [0.2, 0.25) is 0 Å². The van der Waals surface area contributed by atoms with Gasteiger partial charge in [-0.25, -0.2) is 9.97 Å². The number of hydrogen-bond acceptors (Lipinski definition) is 5. The molecule has 0 aliphatic carbocycles. The van der Waals surface area contributed by atoms with Crippen molar-refractivity contribution in [2.75, 3.05) is 23.7 Å². The van der Waals surface area contributed by atoms with Crippen LogP contribution in [0.1, 0.15) is 37.6 Å². The maximum Gasteiger partial charge on any atom is 0.222 e. The number of hydrogen-bond donors (Lipinski definition) is 1. The Morgan fingerprint density at radius 1 is 1.20 bits per heavy atom. The fourth-order valence-electron chi connectivity index (χ4n) is 3.23. The fourth-order valence-corrected chi connectivity index (χ4v) is 3.23. The predicted molar refractivity (Wildman–Crippen MR) is 101 cm³/mol. The van der Waals surface area contributed by atoms with E-state index in [4.69, 9.17) is 5.73 Å². The van der Waals surface area contributed by atoms with Crippen molar-refractivity contribution < 1.29 is 0 Å². The van der Waals surface area contributed by atoms with Gasteiger partial charge in [-0.2, -0.15) is 4.98 Å². The molecule has 0 saturated carbocycles. The molecule has 1 aliphatic heterocycles. The van der Waals surface area contributed by atoms with Crippen LogP contribution in [0.3, 0.4) is 0 Å². The molecule has 25 heavy (non-hydrogen) atoms. The molecule has 0 spiro atoms. The zero-order chi connectivity index (χ0) is 17.4. The highest BCUT2D eigenvalue weighted by molar-refractivity contribution is 5.79. The molecule has 0 aromatic carbocycles. The average molecular weight is 334 g/mol. The second-order valence-corrected chi connectivity index (χ2v) is 6.69. The first-order valence-electron chi connectivity index (χ1n) is 8.62. The number of fused-ring (bicyclic) bond motifs is 1. The van der Waals surface area contributed by atoms with Gasteiger partial charge in [0, 0.05) is 25.4 Å². The molecule has 6 heteroatoms. The lowest BCUT2D eigenvalue weighted by Crippen LogP contribution is -2.30. The van der Waals surface area contributed by atoms with E-state index in [0.717, 1.165) is 42.2 Å². The normalized spacial score (nSPS) is 15.0. The molecule has 3 aromatic rings. The number of imidazole rings is 1. The summed E-state index contributed by atoms with van der Waals surface area (Å²) in [5, 5.41) is 0. The van der Waals surface area contributed by atoms with Crippen molar-refractivity contribution in [3.8, 4) is 0 Å². The molecule has 4 heterocycles. The molecule has 0 bridgehead atoms. The Labute approximate surface area is 147 Å². The topological polar surface area (TPSA) is 72.3 Å². The highest BCUT2D eigenvalue weighted by atomic mass is 15.2. The first-order valence-corrected chi connectivity index (χ1v) is 8.62. The number of nitrogens with zero attached hydrogens (tertiary/aromatic N) is 5. The lowest BCUT2D eigenvalue weighted by Gasteiger charge is -2.28. The van der Waals surface area contributed by atoms with Crippen molar-refractivity contribution in [1.29, 1.82) is 0 Å². The van der Waals surface area contributed by atoms with E-state index >= 15 is 0 Å². The van der Waals surface area contributed by atoms with Crippen LogP contribution in [0.25, 0.3) is 11.1 Å². The maximum atomic E-state index is 5.93. The summed E-state index contributed by atoms with van der Waals surface area (Å²) in [6, 6.07) is 8.20. The average Bonchev–Trinajstić information content (AvgIpc) is 3.05. The molecule has 6 nitrogen and oxygen atoms in total. The molecular weight excluding hydrogens is 312 g/mol. The molecule has 0 unspecified atom stereocenters. The summed E-state index contributed by atoms with van der Waals surface area (Å²) >= 11 is 0. The molecule has 0 atom stereocenters. The van der Waals surface area contributed by atoms with Gasteiger partial charge < -0.3 is 15.0 Å². The molecule has 0 fully saturated rings. The lowest BCUT2D eigenvalue weighted by molar-refractivity contribution is 0.786. The SMILES string of the molecule is CC(C)c1cc(N2CCC=C(c3ncn4ccccc34)C2)nc(N)n1. The molecular formula is C19H22N6. The van der Waals surface area contributed by atoms with Crippen molar-refractivity contribution in [2.24, 2.45) is 0 Å². The minimum absolute atomic E-state index is 0.320. The van der Waals surface area contributed by atoms with Crippen LogP contribution in [0.4, 0.5) is 11.8 Å². The first-order chi connectivity index (χ1) is 12.1. The van der Waals surface area contributed by atoms with Crippen molar-refractivity contribution >= 4 is 22.9 Å². The van der Waals surface area contributed by atoms with Crippen LogP contribution in [0, 0.1) is 0 Å². The summed E-state index contributed by atoms with van der Waals surface area (Å²) in [4.78, 5) is 15.7. The minimum atomic E-state index is 0.320. The molecule has 0 radical (unpaired) electrons. The maximum absolute atomic E-state index is 5.93. The third-order valence-electron chi connectivity index (χ3n) is 4.56. The van der Waals surface area contributed by atoms with Gasteiger partial charge in [0.2, 0.25) is 5.95 Å². The van der Waals surface area contributed by atoms with Crippen LogP contribution in [0.5, 0.6) is 0 Å². The predicted octanol–water partition coefficient (Wildman–Crippen LogP) is 3.12. The van der Waals surface area contributed by atoms with Gasteiger partial charge in [-0.3, -0.25) is 0 Å². The van der Waals surface area contributed by atoms with Crippen LogP contribution in [-0.2, 0) is 0 Å². The number of pyridine rings is 1. The van der Waals surface area contributed by atoms with E-state index in [1.807, 2.05) is 24.7 Å². The Bertz CT molecular complexity index is 940. The van der Waals surface area contributed by atoms with Gasteiger partial charge in [0.1, 0.15) is 5.82 Å². The summed E-state index contributed by atoms with van der Waals surface area (Å²) in [5.41, 5.74) is 10.3. The molecule has 2 N–H and O–H groups in total. The third kappa shape index (κ3) is 2.95. The van der Waals surface area contributed by atoms with Crippen molar-refractivity contribution in [3.05, 3.63) is 54.3 Å². The summed E-state index contributed by atoms with van der Waals surface area (Å²) in [6.45, 7) is 5.92. The number of rotatable bonds is 3. The number of nitrogens with two attached hydrogens (primary N) is 1. The van der Waals surface area contributed by atoms with Gasteiger partial charge >= 0.3 is 0 Å². The summed E-state index contributed by atoms with van der Waals surface area (Å²) in [7, 11) is 0. The number of anilines is 2. The first kappa shape index (κ1) is 15.6. The monoisotopic (exact) mass is 334 g/mol. The second-order valence-electron chi connectivity index (χ2n) is 6.69. The van der Waals surface area contributed by atoms with E-state index in [2.05, 4.69) is 56.3 Å². The highest BCUT2D eigenvalue weighted by Crippen LogP contribution is 2.27. The Balaban J connectivity index is 1.66. The van der Waals surface area contributed by atoms with Gasteiger partial charge in [0.05, 0.1) is 23.2 Å². The smallest absolute Gasteiger partial charge is 0.222 e. The van der Waals surface area contributed by atoms with E-state index in [0.29, 0.717) is 11.9 Å². The van der Waals surface area contributed by atoms with E-state index in [9.17, 15) is 0 Å². The van der Waals surface area contributed by atoms with E-state index < -0.39 is 0 Å². The van der Waals surface area contributed by atoms with E-state index in [-0.39, 0.29) is 0 Å². The molecule has 1 aliphatic rings. The van der Waals surface area contributed by atoms with Crippen LogP contribution in [0.15, 0.2) is 42.9 Å². The fraction of sp³-hybridized carbons (Fsp3) is 0.316. The third-order valence-corrected chi connectivity index (χ3v) is 4.56. The van der Waals surface area contributed by atoms with Crippen molar-refractivity contribution in [1.82, 2.24) is 19.4 Å². The van der Waals surface area contributed by atoms with Gasteiger partial charge in [0.25, 0.3) is 0 Å². The summed E-state index contributed by atoms with van der Waals surface area (Å²) in [5.74, 6) is 1.55. The Morgan fingerprint density at radius 2 is 2.08 bits per heavy atom. The van der Waals surface area contributed by atoms with Crippen LogP contribution >= 0.6 is 0 Å². The van der Waals surface area contributed by atoms with E-state index in [1.165, 1.54) is 5.57 Å². The highest BCUT2D eigenvalue weighted by Gasteiger charge is 2.20. The van der Waals surface area contributed by atoms with Crippen LogP contribution in [-0.4, -0.2) is 32.4 Å². The quantitative estimate of drug-likeness (QED) is 0.797. The molecule has 0 saturated heterocycles. The zero-order valence-electron chi connectivity index (χ0n) is 14.6. The van der Waals surface area contributed by atoms with Gasteiger partial charge in [-0.1, -0.05) is 26.0 Å². The zero-order valence-corrected chi connectivity index (χ0v) is 14.6. The van der Waals surface area contributed by atoms with Gasteiger partial charge in [0.15, 0.2) is 0 Å². The Morgan fingerprint density at radius 3 is 2.92 bits per heavy atom. The molecule has 3 aromatic heterocycles. The van der Waals surface area contributed by atoms with E-state index in [1.54, 1.807) is 0 Å². The van der Waals surface area contributed by atoms with Crippen molar-refractivity contribution in [3.63, 3.8) is 0 Å². The van der Waals surface area contributed by atoms with Crippen LogP contribution < -0.4 is 10.6 Å². The minimum Gasteiger partial charge on any atom is -0.368 e. The lowest BCUT2D eigenvalue weighted by atomic mass is 10.0. The van der Waals surface area contributed by atoms with Crippen molar-refractivity contribution in [2.45, 2.75) is 26.2 Å². The summed E-state index contributed by atoms with van der Waals surface area (Å²) in [6.07, 6.45) is 7.12.